The van der Waals surface area contributed by atoms with Gasteiger partial charge in [0, 0.05) is 42.8 Å². The van der Waals surface area contributed by atoms with Gasteiger partial charge < -0.3 is 23.5 Å². The van der Waals surface area contributed by atoms with Crippen molar-refractivity contribution in [2.24, 2.45) is 0 Å². The molecule has 168 valence electrons. The van der Waals surface area contributed by atoms with Crippen molar-refractivity contribution in [3.05, 3.63) is 46.8 Å². The molecule has 0 N–H and O–H groups in total. The molecule has 2 aromatic rings. The molecule has 1 aromatic heterocycles. The minimum absolute atomic E-state index is 0.110. The Morgan fingerprint density at radius 3 is 2.39 bits per heavy atom. The summed E-state index contributed by atoms with van der Waals surface area (Å²) in [7, 11) is 3.09. The van der Waals surface area contributed by atoms with E-state index < -0.39 is 5.97 Å². The Labute approximate surface area is 182 Å². The number of aryl methyl sites for hydroxylation is 1. The minimum atomic E-state index is -0.681. The SMILES string of the molecule is COCCCn1c(C)cc(C(=O)COC(=O)COc2ccc(C(C)=O)cc2OC)c1C. The normalized spacial score (nSPS) is 10.6. The Bertz CT molecular complexity index is 946. The van der Waals surface area contributed by atoms with E-state index in [2.05, 4.69) is 0 Å². The summed E-state index contributed by atoms with van der Waals surface area (Å²) >= 11 is 0. The number of hydrogen-bond donors (Lipinski definition) is 0. The first kappa shape index (κ1) is 24.1. The van der Waals surface area contributed by atoms with Gasteiger partial charge in [-0.1, -0.05) is 0 Å². The van der Waals surface area contributed by atoms with Crippen LogP contribution in [0.15, 0.2) is 24.3 Å². The summed E-state index contributed by atoms with van der Waals surface area (Å²) in [5.41, 5.74) is 2.80. The van der Waals surface area contributed by atoms with Gasteiger partial charge in [0.15, 0.2) is 30.5 Å². The van der Waals surface area contributed by atoms with E-state index >= 15 is 0 Å². The van der Waals surface area contributed by atoms with Crippen molar-refractivity contribution >= 4 is 17.5 Å². The Kier molecular flexibility index (Phi) is 8.81. The first-order valence-electron chi connectivity index (χ1n) is 9.94. The quantitative estimate of drug-likeness (QED) is 0.289. The lowest BCUT2D eigenvalue weighted by molar-refractivity contribution is -0.144. The Morgan fingerprint density at radius 1 is 1.00 bits per heavy atom. The van der Waals surface area contributed by atoms with Gasteiger partial charge in [0.05, 0.1) is 7.11 Å². The molecule has 0 saturated heterocycles. The van der Waals surface area contributed by atoms with Crippen molar-refractivity contribution in [2.75, 3.05) is 34.0 Å². The fraction of sp³-hybridized carbons (Fsp3) is 0.435. The van der Waals surface area contributed by atoms with Gasteiger partial charge in [-0.3, -0.25) is 9.59 Å². The molecule has 1 aromatic carbocycles. The molecule has 0 unspecified atom stereocenters. The molecular weight excluding hydrogens is 402 g/mol. The minimum Gasteiger partial charge on any atom is -0.493 e. The lowest BCUT2D eigenvalue weighted by Gasteiger charge is -2.11. The third-order valence-corrected chi connectivity index (χ3v) is 4.88. The first-order valence-corrected chi connectivity index (χ1v) is 9.94. The van der Waals surface area contributed by atoms with Crippen LogP contribution in [-0.4, -0.2) is 56.1 Å². The van der Waals surface area contributed by atoms with Crippen LogP contribution in [0.5, 0.6) is 11.5 Å². The van der Waals surface area contributed by atoms with E-state index in [0.29, 0.717) is 29.2 Å². The van der Waals surface area contributed by atoms with Gasteiger partial charge in [-0.05, 0) is 51.5 Å². The van der Waals surface area contributed by atoms with E-state index in [1.165, 1.54) is 20.1 Å². The van der Waals surface area contributed by atoms with Crippen LogP contribution < -0.4 is 9.47 Å². The second kappa shape index (κ2) is 11.3. The molecule has 1 heterocycles. The largest absolute Gasteiger partial charge is 0.493 e. The van der Waals surface area contributed by atoms with Crippen molar-refractivity contribution in [3.63, 3.8) is 0 Å². The topological polar surface area (TPSA) is 93.1 Å². The molecular formula is C23H29NO7. The zero-order valence-corrected chi connectivity index (χ0v) is 18.6. The number of carbonyl (C=O) groups excluding carboxylic acids is 3. The van der Waals surface area contributed by atoms with Crippen molar-refractivity contribution in [1.29, 1.82) is 0 Å². The van der Waals surface area contributed by atoms with Gasteiger partial charge in [-0.15, -0.1) is 0 Å². The van der Waals surface area contributed by atoms with Crippen molar-refractivity contribution in [2.45, 2.75) is 33.7 Å². The summed E-state index contributed by atoms with van der Waals surface area (Å²) in [6, 6.07) is 6.47. The zero-order chi connectivity index (χ0) is 23.0. The summed E-state index contributed by atoms with van der Waals surface area (Å²) in [5, 5.41) is 0. The van der Waals surface area contributed by atoms with Crippen LogP contribution in [0, 0.1) is 13.8 Å². The molecule has 8 nitrogen and oxygen atoms in total. The maximum atomic E-state index is 12.5. The molecule has 0 radical (unpaired) electrons. The lowest BCUT2D eigenvalue weighted by atomic mass is 10.1. The molecule has 31 heavy (non-hydrogen) atoms. The number of hydrogen-bond acceptors (Lipinski definition) is 7. The maximum absolute atomic E-state index is 12.5. The summed E-state index contributed by atoms with van der Waals surface area (Å²) in [4.78, 5) is 36.0. The fourth-order valence-electron chi connectivity index (χ4n) is 3.20. The number of benzene rings is 1. The number of ether oxygens (including phenoxy) is 4. The number of nitrogens with zero attached hydrogens (tertiary/aromatic N) is 1. The van der Waals surface area contributed by atoms with Gasteiger partial charge in [0.25, 0.3) is 0 Å². The smallest absolute Gasteiger partial charge is 0.344 e. The maximum Gasteiger partial charge on any atom is 0.344 e. The molecule has 0 bridgehead atoms. The van der Waals surface area contributed by atoms with Crippen LogP contribution in [0.4, 0.5) is 0 Å². The molecule has 0 aliphatic rings. The van der Waals surface area contributed by atoms with Gasteiger partial charge in [0.1, 0.15) is 0 Å². The summed E-state index contributed by atoms with van der Waals surface area (Å²) < 4.78 is 22.8. The van der Waals surface area contributed by atoms with E-state index in [1.807, 2.05) is 18.4 Å². The van der Waals surface area contributed by atoms with Gasteiger partial charge in [0.2, 0.25) is 5.78 Å². The highest BCUT2D eigenvalue weighted by atomic mass is 16.6. The number of carbonyl (C=O) groups is 3. The third kappa shape index (κ3) is 6.42. The highest BCUT2D eigenvalue weighted by molar-refractivity contribution is 5.99. The number of aromatic nitrogens is 1. The second-order valence-electron chi connectivity index (χ2n) is 7.08. The van der Waals surface area contributed by atoms with E-state index in [0.717, 1.165) is 24.4 Å². The van der Waals surface area contributed by atoms with Crippen LogP contribution in [0.1, 0.15) is 45.4 Å². The highest BCUT2D eigenvalue weighted by Gasteiger charge is 2.18. The number of Topliss-reactive ketones (excluding diaryl/α,β-unsaturated/α-hetero) is 2. The summed E-state index contributed by atoms with van der Waals surface area (Å²) in [5.74, 6) is -0.434. The Morgan fingerprint density at radius 2 is 1.74 bits per heavy atom. The molecule has 0 fully saturated rings. The predicted octanol–water partition coefficient (Wildman–Crippen LogP) is 3.16. The second-order valence-corrected chi connectivity index (χ2v) is 7.08. The van der Waals surface area contributed by atoms with Gasteiger partial charge in [-0.2, -0.15) is 0 Å². The van der Waals surface area contributed by atoms with Crippen molar-refractivity contribution in [3.8, 4) is 11.5 Å². The van der Waals surface area contributed by atoms with Crippen molar-refractivity contribution in [1.82, 2.24) is 4.57 Å². The number of ketones is 2. The molecule has 0 aliphatic carbocycles. The van der Waals surface area contributed by atoms with Crippen LogP contribution in [-0.2, 0) is 20.8 Å². The molecule has 8 heteroatoms. The summed E-state index contributed by atoms with van der Waals surface area (Å²) in [6.07, 6.45) is 0.837. The molecule has 0 atom stereocenters. The van der Waals surface area contributed by atoms with Crippen molar-refractivity contribution < 1.29 is 33.3 Å². The van der Waals surface area contributed by atoms with Crippen LogP contribution in [0.3, 0.4) is 0 Å². The van der Waals surface area contributed by atoms with Crippen LogP contribution in [0.2, 0.25) is 0 Å². The van der Waals surface area contributed by atoms with Crippen LogP contribution >= 0.6 is 0 Å². The van der Waals surface area contributed by atoms with E-state index in [1.54, 1.807) is 25.3 Å². The first-order chi connectivity index (χ1) is 14.8. The van der Waals surface area contributed by atoms with E-state index in [-0.39, 0.29) is 24.8 Å². The Hall–Kier alpha value is -3.13. The standard InChI is InChI=1S/C23H29NO7/c1-15-11-19(16(2)24(15)9-6-10-28-4)20(26)13-31-23(27)14-30-21-8-7-18(17(3)25)12-22(21)29-5/h7-8,11-12H,6,9-10,13-14H2,1-5H3. The van der Waals surface area contributed by atoms with E-state index in [4.69, 9.17) is 18.9 Å². The molecule has 2 rings (SSSR count). The monoisotopic (exact) mass is 431 g/mol. The van der Waals surface area contributed by atoms with Gasteiger partial charge >= 0.3 is 5.97 Å². The predicted molar refractivity (Wildman–Crippen MR) is 114 cm³/mol. The van der Waals surface area contributed by atoms with E-state index in [9.17, 15) is 14.4 Å². The number of methoxy groups -OCH3 is 2. The Balaban J connectivity index is 1.91. The van der Waals surface area contributed by atoms with Gasteiger partial charge in [-0.25, -0.2) is 4.79 Å². The average molecular weight is 431 g/mol. The molecule has 0 spiro atoms. The molecule has 0 amide bonds. The lowest BCUT2D eigenvalue weighted by Crippen LogP contribution is -2.20. The molecule has 0 aliphatic heterocycles. The zero-order valence-electron chi connectivity index (χ0n) is 18.6. The fourth-order valence-corrected chi connectivity index (χ4v) is 3.20. The highest BCUT2D eigenvalue weighted by Crippen LogP contribution is 2.28. The number of esters is 1. The average Bonchev–Trinajstić information content (AvgIpc) is 3.04. The third-order valence-electron chi connectivity index (χ3n) is 4.88. The van der Waals surface area contributed by atoms with Crippen LogP contribution in [0.25, 0.3) is 0 Å². The number of rotatable bonds is 12. The molecule has 0 saturated carbocycles. The summed E-state index contributed by atoms with van der Waals surface area (Å²) in [6.45, 7) is 5.87.